The van der Waals surface area contributed by atoms with Crippen molar-refractivity contribution in [3.05, 3.63) is 9.77 Å². The third kappa shape index (κ3) is 2.28. The maximum absolute atomic E-state index is 11.8. The predicted octanol–water partition coefficient (Wildman–Crippen LogP) is 1.34. The van der Waals surface area contributed by atoms with Gasteiger partial charge in [-0.25, -0.2) is 8.78 Å². The molecule has 0 bridgehead atoms. The van der Waals surface area contributed by atoms with E-state index in [0.29, 0.717) is 3.70 Å². The number of nitrogen functional groups attached to an aromatic ring is 1. The molecule has 0 saturated heterocycles. The van der Waals surface area contributed by atoms with Crippen LogP contribution in [0.1, 0.15) is 0 Å². The quantitative estimate of drug-likeness (QED) is 0.826. The van der Waals surface area contributed by atoms with Gasteiger partial charge >= 0.3 is 0 Å². The highest BCUT2D eigenvalue weighted by Crippen LogP contribution is 2.10. The predicted molar refractivity (Wildman–Crippen MR) is 45.4 cm³/mol. The SMILES string of the molecule is Nc1cc(I)n(CC(F)F)n1. The fraction of sp³-hybridized carbons (Fsp3) is 0.400. The average Bonchev–Trinajstić information content (AvgIpc) is 2.09. The molecule has 1 rings (SSSR count). The second-order valence-electron chi connectivity index (χ2n) is 1.97. The molecule has 1 aromatic heterocycles. The molecule has 0 unspecified atom stereocenters. The summed E-state index contributed by atoms with van der Waals surface area (Å²) in [6.45, 7) is -0.393. The van der Waals surface area contributed by atoms with Crippen LogP contribution < -0.4 is 5.73 Å². The van der Waals surface area contributed by atoms with Crippen LogP contribution in [0.25, 0.3) is 0 Å². The van der Waals surface area contributed by atoms with Crippen molar-refractivity contribution in [3.63, 3.8) is 0 Å². The first-order chi connectivity index (χ1) is 5.09. The minimum Gasteiger partial charge on any atom is -0.382 e. The molecule has 0 atom stereocenters. The molecule has 1 aromatic rings. The lowest BCUT2D eigenvalue weighted by atomic mass is 10.6. The van der Waals surface area contributed by atoms with Crippen molar-refractivity contribution in [1.82, 2.24) is 9.78 Å². The number of halogens is 3. The Labute approximate surface area is 75.7 Å². The molecule has 0 aliphatic heterocycles. The van der Waals surface area contributed by atoms with Crippen LogP contribution in [-0.4, -0.2) is 16.2 Å². The van der Waals surface area contributed by atoms with E-state index in [1.165, 1.54) is 4.68 Å². The largest absolute Gasteiger partial charge is 0.382 e. The van der Waals surface area contributed by atoms with E-state index in [4.69, 9.17) is 5.73 Å². The molecular weight excluding hydrogens is 267 g/mol. The van der Waals surface area contributed by atoms with Crippen LogP contribution in [0.15, 0.2) is 6.07 Å². The number of nitrogens with two attached hydrogens (primary N) is 1. The Hall–Kier alpha value is -0.400. The molecule has 0 amide bonds. The van der Waals surface area contributed by atoms with E-state index in [1.807, 2.05) is 22.6 Å². The van der Waals surface area contributed by atoms with Crippen LogP contribution in [0.4, 0.5) is 14.6 Å². The molecule has 0 spiro atoms. The molecule has 62 valence electrons. The number of hydrogen-bond donors (Lipinski definition) is 1. The van der Waals surface area contributed by atoms with Crippen LogP contribution in [-0.2, 0) is 6.54 Å². The van der Waals surface area contributed by atoms with Gasteiger partial charge in [-0.1, -0.05) is 0 Å². The number of anilines is 1. The van der Waals surface area contributed by atoms with Gasteiger partial charge in [0.15, 0.2) is 0 Å². The van der Waals surface area contributed by atoms with Crippen molar-refractivity contribution in [3.8, 4) is 0 Å². The first-order valence-electron chi connectivity index (χ1n) is 2.86. The number of rotatable bonds is 2. The fourth-order valence-electron chi connectivity index (χ4n) is 0.671. The van der Waals surface area contributed by atoms with Gasteiger partial charge in [-0.05, 0) is 22.6 Å². The maximum atomic E-state index is 11.8. The van der Waals surface area contributed by atoms with Gasteiger partial charge in [0.25, 0.3) is 6.43 Å². The van der Waals surface area contributed by atoms with Crippen molar-refractivity contribution < 1.29 is 8.78 Å². The summed E-state index contributed by atoms with van der Waals surface area (Å²) in [6.07, 6.45) is -2.39. The molecule has 6 heteroatoms. The normalized spacial score (nSPS) is 10.9. The summed E-state index contributed by atoms with van der Waals surface area (Å²) in [7, 11) is 0. The van der Waals surface area contributed by atoms with E-state index < -0.39 is 13.0 Å². The molecule has 0 aliphatic rings. The van der Waals surface area contributed by atoms with E-state index in [1.54, 1.807) is 6.07 Å². The Kier molecular flexibility index (Phi) is 2.63. The van der Waals surface area contributed by atoms with Crippen LogP contribution in [0, 0.1) is 3.70 Å². The molecule has 1 heterocycles. The summed E-state index contributed by atoms with van der Waals surface area (Å²) in [5.41, 5.74) is 5.27. The van der Waals surface area contributed by atoms with Crippen molar-refractivity contribution in [2.45, 2.75) is 13.0 Å². The molecule has 11 heavy (non-hydrogen) atoms. The lowest BCUT2D eigenvalue weighted by Gasteiger charge is -1.99. The standard InChI is InChI=1S/C5H6F2IN3/c6-3(7)2-11-4(8)1-5(9)10-11/h1,3H,2H2,(H2,9,10). The molecule has 0 fully saturated rings. The summed E-state index contributed by atoms with van der Waals surface area (Å²) >= 11 is 1.90. The summed E-state index contributed by atoms with van der Waals surface area (Å²) < 4.78 is 25.4. The summed E-state index contributed by atoms with van der Waals surface area (Å²) in [5.74, 6) is 0.273. The van der Waals surface area contributed by atoms with Gasteiger partial charge in [0, 0.05) is 6.07 Å². The van der Waals surface area contributed by atoms with E-state index >= 15 is 0 Å². The third-order valence-electron chi connectivity index (χ3n) is 1.06. The van der Waals surface area contributed by atoms with Gasteiger partial charge in [0.05, 0.1) is 0 Å². The van der Waals surface area contributed by atoms with Crippen LogP contribution in [0.3, 0.4) is 0 Å². The molecule has 0 saturated carbocycles. The minimum atomic E-state index is -2.39. The monoisotopic (exact) mass is 273 g/mol. The molecule has 2 N–H and O–H groups in total. The summed E-state index contributed by atoms with van der Waals surface area (Å²) in [6, 6.07) is 1.54. The van der Waals surface area contributed by atoms with E-state index in [-0.39, 0.29) is 5.82 Å². The maximum Gasteiger partial charge on any atom is 0.257 e. The van der Waals surface area contributed by atoms with Gasteiger partial charge in [-0.2, -0.15) is 5.10 Å². The number of nitrogens with zero attached hydrogens (tertiary/aromatic N) is 2. The zero-order valence-electron chi connectivity index (χ0n) is 5.47. The second kappa shape index (κ2) is 3.33. The first-order valence-corrected chi connectivity index (χ1v) is 3.94. The highest BCUT2D eigenvalue weighted by molar-refractivity contribution is 14.1. The summed E-state index contributed by atoms with van der Waals surface area (Å²) in [5, 5.41) is 3.66. The Morgan fingerprint density at radius 3 is 2.73 bits per heavy atom. The highest BCUT2D eigenvalue weighted by atomic mass is 127. The Morgan fingerprint density at radius 1 is 1.73 bits per heavy atom. The van der Waals surface area contributed by atoms with Gasteiger partial charge in [-0.15, -0.1) is 0 Å². The zero-order chi connectivity index (χ0) is 8.43. The third-order valence-corrected chi connectivity index (χ3v) is 1.93. The Bertz CT molecular complexity index is 248. The van der Waals surface area contributed by atoms with E-state index in [2.05, 4.69) is 5.10 Å². The number of aromatic nitrogens is 2. The number of alkyl halides is 2. The van der Waals surface area contributed by atoms with Crippen molar-refractivity contribution in [2.75, 3.05) is 5.73 Å². The van der Waals surface area contributed by atoms with Gasteiger partial charge in [0.2, 0.25) is 0 Å². The topological polar surface area (TPSA) is 43.8 Å². The smallest absolute Gasteiger partial charge is 0.257 e. The second-order valence-corrected chi connectivity index (χ2v) is 3.07. The van der Waals surface area contributed by atoms with Gasteiger partial charge in [0.1, 0.15) is 16.1 Å². The van der Waals surface area contributed by atoms with Crippen molar-refractivity contribution in [2.24, 2.45) is 0 Å². The summed E-state index contributed by atoms with van der Waals surface area (Å²) in [4.78, 5) is 0. The molecule has 0 aliphatic carbocycles. The van der Waals surface area contributed by atoms with Gasteiger partial charge < -0.3 is 5.73 Å². The van der Waals surface area contributed by atoms with Crippen molar-refractivity contribution in [1.29, 1.82) is 0 Å². The molecule has 3 nitrogen and oxygen atoms in total. The van der Waals surface area contributed by atoms with Crippen molar-refractivity contribution >= 4 is 28.4 Å². The molecule has 0 aromatic carbocycles. The molecular formula is C5H6F2IN3. The fourth-order valence-corrected chi connectivity index (χ4v) is 1.30. The Morgan fingerprint density at radius 2 is 2.36 bits per heavy atom. The van der Waals surface area contributed by atoms with E-state index in [0.717, 1.165) is 0 Å². The van der Waals surface area contributed by atoms with Gasteiger partial charge in [-0.3, -0.25) is 4.68 Å². The zero-order valence-corrected chi connectivity index (χ0v) is 7.62. The molecule has 0 radical (unpaired) electrons. The Balaban J connectivity index is 2.77. The lowest BCUT2D eigenvalue weighted by Crippen LogP contribution is -2.09. The average molecular weight is 273 g/mol. The lowest BCUT2D eigenvalue weighted by molar-refractivity contribution is 0.121. The minimum absolute atomic E-state index is 0.273. The van der Waals surface area contributed by atoms with E-state index in [9.17, 15) is 8.78 Å². The van der Waals surface area contributed by atoms with Crippen LogP contribution in [0.2, 0.25) is 0 Å². The van der Waals surface area contributed by atoms with Crippen LogP contribution in [0.5, 0.6) is 0 Å². The first kappa shape index (κ1) is 8.69. The highest BCUT2D eigenvalue weighted by Gasteiger charge is 2.08. The number of hydrogen-bond acceptors (Lipinski definition) is 2. The van der Waals surface area contributed by atoms with Crippen LogP contribution >= 0.6 is 22.6 Å².